The fourth-order valence-corrected chi connectivity index (χ4v) is 6.57. The molecule has 4 aromatic rings. The maximum absolute atomic E-state index is 14.4. The second-order valence-electron chi connectivity index (χ2n) is 10.8. The van der Waals surface area contributed by atoms with E-state index in [1.54, 1.807) is 42.5 Å². The Balaban J connectivity index is 1.79. The summed E-state index contributed by atoms with van der Waals surface area (Å²) in [6.07, 6.45) is 1.80. The van der Waals surface area contributed by atoms with Gasteiger partial charge in [-0.15, -0.1) is 0 Å². The van der Waals surface area contributed by atoms with E-state index in [0.29, 0.717) is 12.1 Å². The molecule has 0 saturated heterocycles. The maximum Gasteiger partial charge on any atom is 0.264 e. The Kier molecular flexibility index (Phi) is 11.7. The largest absolute Gasteiger partial charge is 0.354 e. The van der Waals surface area contributed by atoms with Crippen molar-refractivity contribution in [1.82, 2.24) is 10.2 Å². The highest BCUT2D eigenvalue weighted by molar-refractivity contribution is 7.92. The smallest absolute Gasteiger partial charge is 0.264 e. The zero-order valence-electron chi connectivity index (χ0n) is 25.3. The highest BCUT2D eigenvalue weighted by Crippen LogP contribution is 2.31. The van der Waals surface area contributed by atoms with Crippen LogP contribution in [0.2, 0.25) is 5.02 Å². The number of carbonyl (C=O) groups is 2. The summed E-state index contributed by atoms with van der Waals surface area (Å²) in [7, 11) is -4.27. The molecule has 236 valence electrons. The molecule has 0 fully saturated rings. The van der Waals surface area contributed by atoms with Crippen LogP contribution in [0, 0.1) is 12.7 Å². The molecular formula is C35H37ClFN3O4S. The highest BCUT2D eigenvalue weighted by atomic mass is 35.5. The van der Waals surface area contributed by atoms with Crippen LogP contribution in [0.5, 0.6) is 0 Å². The Labute approximate surface area is 269 Å². The molecule has 0 aliphatic heterocycles. The molecular weight excluding hydrogens is 613 g/mol. The first kappa shape index (κ1) is 33.7. The normalized spacial score (nSPS) is 11.9. The summed E-state index contributed by atoms with van der Waals surface area (Å²) in [4.78, 5) is 29.5. The monoisotopic (exact) mass is 649 g/mol. The molecule has 2 amide bonds. The van der Waals surface area contributed by atoms with Gasteiger partial charge in [0.1, 0.15) is 18.4 Å². The first-order chi connectivity index (χ1) is 21.6. The average molecular weight is 650 g/mol. The molecule has 10 heteroatoms. The third-order valence-electron chi connectivity index (χ3n) is 7.38. The molecule has 0 aromatic heterocycles. The van der Waals surface area contributed by atoms with Crippen LogP contribution in [-0.2, 0) is 32.6 Å². The van der Waals surface area contributed by atoms with E-state index in [0.717, 1.165) is 28.3 Å². The van der Waals surface area contributed by atoms with Crippen LogP contribution in [0.3, 0.4) is 0 Å². The lowest BCUT2D eigenvalue weighted by Crippen LogP contribution is -2.53. The number of rotatable bonds is 14. The summed E-state index contributed by atoms with van der Waals surface area (Å²) in [5.41, 5.74) is 2.40. The Morgan fingerprint density at radius 3 is 2.16 bits per heavy atom. The number of unbranched alkanes of at least 4 members (excludes halogenated alkanes) is 1. The molecule has 45 heavy (non-hydrogen) atoms. The van der Waals surface area contributed by atoms with E-state index >= 15 is 0 Å². The molecule has 0 aliphatic rings. The van der Waals surface area contributed by atoms with Crippen molar-refractivity contribution in [1.29, 1.82) is 0 Å². The van der Waals surface area contributed by atoms with Gasteiger partial charge in [-0.2, -0.15) is 0 Å². The van der Waals surface area contributed by atoms with E-state index in [4.69, 9.17) is 11.6 Å². The zero-order chi connectivity index (χ0) is 32.4. The van der Waals surface area contributed by atoms with Gasteiger partial charge in [0.25, 0.3) is 10.0 Å². The lowest BCUT2D eigenvalue weighted by atomic mass is 10.0. The predicted octanol–water partition coefficient (Wildman–Crippen LogP) is 6.54. The molecule has 4 rings (SSSR count). The van der Waals surface area contributed by atoms with Gasteiger partial charge in [-0.1, -0.05) is 97.2 Å². The number of carbonyl (C=O) groups excluding carboxylic acids is 2. The SMILES string of the molecule is CCCCNC(=O)[C@@H](Cc1ccccc1)N(Cc1ccc(F)cc1)C(=O)CN(c1ccccc1Cl)S(=O)(=O)c1ccc(C)cc1. The number of nitrogens with zero attached hydrogens (tertiary/aromatic N) is 2. The third-order valence-corrected chi connectivity index (χ3v) is 9.47. The number of hydrogen-bond donors (Lipinski definition) is 1. The Hall–Kier alpha value is -4.21. The summed E-state index contributed by atoms with van der Waals surface area (Å²) in [5, 5.41) is 3.09. The van der Waals surface area contributed by atoms with Crippen molar-refractivity contribution in [2.45, 2.75) is 50.6 Å². The maximum atomic E-state index is 14.4. The number of hydrogen-bond acceptors (Lipinski definition) is 4. The minimum absolute atomic E-state index is 0.0101. The molecule has 0 spiro atoms. The van der Waals surface area contributed by atoms with Gasteiger partial charge in [0.15, 0.2) is 0 Å². The van der Waals surface area contributed by atoms with Gasteiger partial charge < -0.3 is 10.2 Å². The van der Waals surface area contributed by atoms with Crippen LogP contribution >= 0.6 is 11.6 Å². The average Bonchev–Trinajstić information content (AvgIpc) is 3.03. The summed E-state index contributed by atoms with van der Waals surface area (Å²) >= 11 is 6.51. The Bertz CT molecular complexity index is 1680. The summed E-state index contributed by atoms with van der Waals surface area (Å²) in [6.45, 7) is 3.59. The van der Waals surface area contributed by atoms with Crippen LogP contribution in [0.1, 0.15) is 36.5 Å². The van der Waals surface area contributed by atoms with Crippen molar-refractivity contribution in [3.63, 3.8) is 0 Å². The number of sulfonamides is 1. The third kappa shape index (κ3) is 8.93. The van der Waals surface area contributed by atoms with Crippen LogP contribution in [0.25, 0.3) is 0 Å². The molecule has 1 atom stereocenters. The first-order valence-electron chi connectivity index (χ1n) is 14.8. The molecule has 7 nitrogen and oxygen atoms in total. The molecule has 4 aromatic carbocycles. The molecule has 0 bridgehead atoms. The van der Waals surface area contributed by atoms with Gasteiger partial charge in [0.2, 0.25) is 11.8 Å². The second-order valence-corrected chi connectivity index (χ2v) is 13.0. The number of nitrogens with one attached hydrogen (secondary N) is 1. The minimum Gasteiger partial charge on any atom is -0.354 e. The van der Waals surface area contributed by atoms with E-state index in [1.165, 1.54) is 35.2 Å². The van der Waals surface area contributed by atoms with Gasteiger partial charge in [-0.25, -0.2) is 12.8 Å². The van der Waals surface area contributed by atoms with E-state index < -0.39 is 34.3 Å². The second kappa shape index (κ2) is 15.7. The highest BCUT2D eigenvalue weighted by Gasteiger charge is 2.35. The number of para-hydroxylation sites is 1. The van der Waals surface area contributed by atoms with Crippen molar-refractivity contribution in [2.24, 2.45) is 0 Å². The quantitative estimate of drug-likeness (QED) is 0.157. The van der Waals surface area contributed by atoms with Gasteiger partial charge in [-0.3, -0.25) is 13.9 Å². The topological polar surface area (TPSA) is 86.8 Å². The molecule has 0 unspecified atom stereocenters. The van der Waals surface area contributed by atoms with E-state index in [9.17, 15) is 22.4 Å². The lowest BCUT2D eigenvalue weighted by molar-refractivity contribution is -0.140. The Morgan fingerprint density at radius 1 is 0.867 bits per heavy atom. The molecule has 0 saturated carbocycles. The zero-order valence-corrected chi connectivity index (χ0v) is 26.9. The van der Waals surface area contributed by atoms with Crippen molar-refractivity contribution < 1.29 is 22.4 Å². The summed E-state index contributed by atoms with van der Waals surface area (Å²) < 4.78 is 43.0. The minimum atomic E-state index is -4.27. The van der Waals surface area contributed by atoms with Crippen molar-refractivity contribution >= 4 is 39.1 Å². The number of anilines is 1. The molecule has 0 heterocycles. The van der Waals surface area contributed by atoms with E-state index in [-0.39, 0.29) is 34.5 Å². The van der Waals surface area contributed by atoms with Crippen molar-refractivity contribution in [2.75, 3.05) is 17.4 Å². The lowest BCUT2D eigenvalue weighted by Gasteiger charge is -2.34. The fourth-order valence-electron chi connectivity index (χ4n) is 4.85. The number of aryl methyl sites for hydroxylation is 1. The molecule has 0 aliphatic carbocycles. The van der Waals surface area contributed by atoms with Crippen molar-refractivity contribution in [3.05, 3.63) is 131 Å². The van der Waals surface area contributed by atoms with Crippen molar-refractivity contribution in [3.8, 4) is 0 Å². The van der Waals surface area contributed by atoms with Crippen LogP contribution in [0.4, 0.5) is 10.1 Å². The van der Waals surface area contributed by atoms with E-state index in [1.807, 2.05) is 44.2 Å². The van der Waals surface area contributed by atoms with Crippen LogP contribution in [0.15, 0.2) is 108 Å². The fraction of sp³-hybridized carbons (Fsp3) is 0.257. The molecule has 0 radical (unpaired) electrons. The first-order valence-corrected chi connectivity index (χ1v) is 16.6. The van der Waals surface area contributed by atoms with Gasteiger partial charge in [0.05, 0.1) is 15.6 Å². The number of amides is 2. The number of halogens is 2. The summed E-state index contributed by atoms with van der Waals surface area (Å²) in [6, 6.07) is 26.6. The van der Waals surface area contributed by atoms with Gasteiger partial charge in [0, 0.05) is 19.5 Å². The van der Waals surface area contributed by atoms with Crippen LogP contribution < -0.4 is 9.62 Å². The van der Waals surface area contributed by atoms with Gasteiger partial charge >= 0.3 is 0 Å². The number of benzene rings is 4. The Morgan fingerprint density at radius 2 is 1.51 bits per heavy atom. The van der Waals surface area contributed by atoms with Crippen LogP contribution in [-0.4, -0.2) is 44.3 Å². The van der Waals surface area contributed by atoms with E-state index in [2.05, 4.69) is 5.32 Å². The standard InChI is InChI=1S/C35H37ClFN3O4S/c1-3-4-22-38-35(42)33(23-27-10-6-5-7-11-27)39(24-28-16-18-29(37)19-17-28)34(41)25-40(32-13-9-8-12-31(32)36)45(43,44)30-20-14-26(2)15-21-30/h5-21,33H,3-4,22-25H2,1-2H3,(H,38,42)/t33-/m1/s1. The van der Waals surface area contributed by atoms with Gasteiger partial charge in [-0.05, 0) is 60.9 Å². The summed E-state index contributed by atoms with van der Waals surface area (Å²) in [5.74, 6) is -1.43. The predicted molar refractivity (Wildman–Crippen MR) is 176 cm³/mol. The molecule has 1 N–H and O–H groups in total.